The maximum absolute atomic E-state index is 11.9. The quantitative estimate of drug-likeness (QED) is 0.824. The van der Waals surface area contributed by atoms with Crippen LogP contribution in [-0.2, 0) is 17.6 Å². The molecule has 1 aromatic heterocycles. The second kappa shape index (κ2) is 3.59. The molecule has 0 spiro atoms. The lowest BCUT2D eigenvalue weighted by Crippen LogP contribution is -2.35. The molecule has 2 aliphatic rings. The minimum Gasteiger partial charge on any atom is -0.353 e. The maximum atomic E-state index is 11.9. The smallest absolute Gasteiger partial charge is 0.223 e. The summed E-state index contributed by atoms with van der Waals surface area (Å²) in [5.41, 5.74) is 3.11. The number of aryl methyl sites for hydroxylation is 1. The zero-order valence-corrected chi connectivity index (χ0v) is 9.35. The average Bonchev–Trinajstić information content (AvgIpc) is 2.94. The number of aromatic nitrogens is 1. The van der Waals surface area contributed by atoms with E-state index in [9.17, 15) is 4.79 Å². The number of carbonyl (C=O) groups is 1. The first-order valence-electron chi connectivity index (χ1n) is 5.54. The standard InChI is InChI=1S/C11H14N2OS/c14-11(13-8-2-3-8)7-1-4-9-10(5-7)15-6-12-9/h6-8H,1-5H2,(H,13,14). The fraction of sp³-hybridized carbons (Fsp3) is 0.636. The molecule has 15 heavy (non-hydrogen) atoms. The minimum atomic E-state index is 0.193. The Morgan fingerprint density at radius 3 is 3.13 bits per heavy atom. The number of amides is 1. The van der Waals surface area contributed by atoms with Gasteiger partial charge in [-0.1, -0.05) is 0 Å². The normalized spacial score (nSPS) is 24.7. The average molecular weight is 222 g/mol. The highest BCUT2D eigenvalue weighted by molar-refractivity contribution is 7.09. The van der Waals surface area contributed by atoms with E-state index in [0.29, 0.717) is 6.04 Å². The second-order valence-electron chi connectivity index (χ2n) is 4.44. The van der Waals surface area contributed by atoms with Crippen molar-refractivity contribution in [1.82, 2.24) is 10.3 Å². The van der Waals surface area contributed by atoms with Gasteiger partial charge in [-0.25, -0.2) is 4.98 Å². The van der Waals surface area contributed by atoms with Gasteiger partial charge in [0.1, 0.15) is 0 Å². The van der Waals surface area contributed by atoms with Crippen LogP contribution in [0.3, 0.4) is 0 Å². The van der Waals surface area contributed by atoms with Crippen molar-refractivity contribution >= 4 is 17.2 Å². The van der Waals surface area contributed by atoms with Gasteiger partial charge >= 0.3 is 0 Å². The Morgan fingerprint density at radius 2 is 2.33 bits per heavy atom. The summed E-state index contributed by atoms with van der Waals surface area (Å²) < 4.78 is 0. The summed E-state index contributed by atoms with van der Waals surface area (Å²) in [6.45, 7) is 0. The third kappa shape index (κ3) is 1.91. The van der Waals surface area contributed by atoms with Crippen molar-refractivity contribution < 1.29 is 4.79 Å². The van der Waals surface area contributed by atoms with Crippen LogP contribution in [0.25, 0.3) is 0 Å². The van der Waals surface area contributed by atoms with E-state index in [0.717, 1.165) is 19.3 Å². The van der Waals surface area contributed by atoms with Gasteiger partial charge in [-0.2, -0.15) is 0 Å². The van der Waals surface area contributed by atoms with E-state index in [1.54, 1.807) is 11.3 Å². The summed E-state index contributed by atoms with van der Waals surface area (Å²) in [6.07, 6.45) is 5.18. The molecule has 2 aliphatic carbocycles. The van der Waals surface area contributed by atoms with Crippen LogP contribution in [-0.4, -0.2) is 16.9 Å². The Hall–Kier alpha value is -0.900. The molecule has 0 saturated heterocycles. The van der Waals surface area contributed by atoms with Gasteiger partial charge < -0.3 is 5.32 Å². The fourth-order valence-electron chi connectivity index (χ4n) is 2.07. The Labute approximate surface area is 92.9 Å². The van der Waals surface area contributed by atoms with Gasteiger partial charge in [0.2, 0.25) is 5.91 Å². The largest absolute Gasteiger partial charge is 0.353 e. The van der Waals surface area contributed by atoms with E-state index >= 15 is 0 Å². The first-order chi connectivity index (χ1) is 7.33. The number of fused-ring (bicyclic) bond motifs is 1. The van der Waals surface area contributed by atoms with Crippen molar-refractivity contribution in [3.8, 4) is 0 Å². The third-order valence-corrected chi connectivity index (χ3v) is 4.08. The van der Waals surface area contributed by atoms with E-state index in [1.807, 2.05) is 5.51 Å². The van der Waals surface area contributed by atoms with Crippen LogP contribution in [0.4, 0.5) is 0 Å². The number of nitrogens with zero attached hydrogens (tertiary/aromatic N) is 1. The number of nitrogens with one attached hydrogen (secondary N) is 1. The molecule has 1 saturated carbocycles. The Kier molecular flexibility index (Phi) is 2.24. The molecule has 4 heteroatoms. The summed E-state index contributed by atoms with van der Waals surface area (Å²) in [5.74, 6) is 0.454. The number of thiazole rings is 1. The summed E-state index contributed by atoms with van der Waals surface area (Å²) in [4.78, 5) is 17.5. The highest BCUT2D eigenvalue weighted by Crippen LogP contribution is 2.28. The number of carbonyl (C=O) groups excluding carboxylic acids is 1. The molecule has 0 aromatic carbocycles. The van der Waals surface area contributed by atoms with E-state index in [4.69, 9.17) is 0 Å². The molecule has 1 fully saturated rings. The molecular formula is C11H14N2OS. The number of hydrogen-bond donors (Lipinski definition) is 1. The number of rotatable bonds is 2. The first-order valence-corrected chi connectivity index (χ1v) is 6.42. The molecule has 3 nitrogen and oxygen atoms in total. The lowest BCUT2D eigenvalue weighted by Gasteiger charge is -2.20. The Morgan fingerprint density at radius 1 is 1.47 bits per heavy atom. The fourth-order valence-corrected chi connectivity index (χ4v) is 2.97. The van der Waals surface area contributed by atoms with Gasteiger partial charge in [-0.05, 0) is 32.1 Å². The van der Waals surface area contributed by atoms with Crippen molar-refractivity contribution in [3.63, 3.8) is 0 Å². The van der Waals surface area contributed by atoms with Crippen LogP contribution in [0, 0.1) is 5.92 Å². The molecule has 3 rings (SSSR count). The van der Waals surface area contributed by atoms with Gasteiger partial charge in [0.25, 0.3) is 0 Å². The minimum absolute atomic E-state index is 0.193. The molecule has 1 heterocycles. The maximum Gasteiger partial charge on any atom is 0.223 e. The van der Waals surface area contributed by atoms with Crippen LogP contribution in [0.5, 0.6) is 0 Å². The second-order valence-corrected chi connectivity index (χ2v) is 5.38. The summed E-state index contributed by atoms with van der Waals surface area (Å²) >= 11 is 1.69. The van der Waals surface area contributed by atoms with Gasteiger partial charge in [-0.3, -0.25) is 4.79 Å². The predicted molar refractivity (Wildman–Crippen MR) is 58.8 cm³/mol. The molecule has 0 aliphatic heterocycles. The molecular weight excluding hydrogens is 208 g/mol. The molecule has 1 amide bonds. The molecule has 80 valence electrons. The molecule has 1 aromatic rings. The summed E-state index contributed by atoms with van der Waals surface area (Å²) in [6, 6.07) is 0.486. The molecule has 0 bridgehead atoms. The zero-order valence-electron chi connectivity index (χ0n) is 8.53. The molecule has 1 unspecified atom stereocenters. The monoisotopic (exact) mass is 222 g/mol. The Balaban J connectivity index is 1.66. The highest BCUT2D eigenvalue weighted by atomic mass is 32.1. The summed E-state index contributed by atoms with van der Waals surface area (Å²) in [5, 5.41) is 3.09. The van der Waals surface area contributed by atoms with Crippen molar-refractivity contribution in [2.45, 2.75) is 38.1 Å². The van der Waals surface area contributed by atoms with Gasteiger partial charge in [-0.15, -0.1) is 11.3 Å². The van der Waals surface area contributed by atoms with Gasteiger partial charge in [0, 0.05) is 16.8 Å². The molecule has 1 atom stereocenters. The van der Waals surface area contributed by atoms with E-state index in [1.165, 1.54) is 23.4 Å². The van der Waals surface area contributed by atoms with Gasteiger partial charge in [0.15, 0.2) is 0 Å². The topological polar surface area (TPSA) is 42.0 Å². The van der Waals surface area contributed by atoms with Crippen molar-refractivity contribution in [2.75, 3.05) is 0 Å². The number of hydrogen-bond acceptors (Lipinski definition) is 3. The lowest BCUT2D eigenvalue weighted by atomic mass is 9.90. The SMILES string of the molecule is O=C(NC1CC1)C1CCc2ncsc2C1. The molecule has 1 N–H and O–H groups in total. The van der Waals surface area contributed by atoms with E-state index in [2.05, 4.69) is 10.3 Å². The van der Waals surface area contributed by atoms with Crippen LogP contribution in [0.2, 0.25) is 0 Å². The van der Waals surface area contributed by atoms with Crippen LogP contribution in [0.15, 0.2) is 5.51 Å². The van der Waals surface area contributed by atoms with Crippen molar-refractivity contribution in [2.24, 2.45) is 5.92 Å². The summed E-state index contributed by atoms with van der Waals surface area (Å²) in [7, 11) is 0. The van der Waals surface area contributed by atoms with E-state index < -0.39 is 0 Å². The first kappa shape index (κ1) is 9.33. The van der Waals surface area contributed by atoms with Crippen LogP contribution >= 0.6 is 11.3 Å². The van der Waals surface area contributed by atoms with Gasteiger partial charge in [0.05, 0.1) is 11.2 Å². The third-order valence-electron chi connectivity index (χ3n) is 3.18. The molecule has 0 radical (unpaired) electrons. The van der Waals surface area contributed by atoms with Crippen molar-refractivity contribution in [1.29, 1.82) is 0 Å². The van der Waals surface area contributed by atoms with Crippen LogP contribution < -0.4 is 5.32 Å². The zero-order chi connectivity index (χ0) is 10.3. The van der Waals surface area contributed by atoms with Crippen LogP contribution in [0.1, 0.15) is 29.8 Å². The lowest BCUT2D eigenvalue weighted by molar-refractivity contribution is -0.125. The highest BCUT2D eigenvalue weighted by Gasteiger charge is 2.30. The Bertz CT molecular complexity index is 384. The van der Waals surface area contributed by atoms with Crippen molar-refractivity contribution in [3.05, 3.63) is 16.1 Å². The van der Waals surface area contributed by atoms with E-state index in [-0.39, 0.29) is 11.8 Å². The predicted octanol–water partition coefficient (Wildman–Crippen LogP) is 1.53.